The Hall–Kier alpha value is -3.20. The molecule has 3 aromatic rings. The number of rotatable bonds is 2. The van der Waals surface area contributed by atoms with Crippen LogP contribution in [0.5, 0.6) is 0 Å². The molecule has 1 heterocycles. The van der Waals surface area contributed by atoms with Crippen molar-refractivity contribution in [1.82, 2.24) is 9.55 Å². The van der Waals surface area contributed by atoms with Crippen molar-refractivity contribution in [1.29, 1.82) is 5.26 Å². The molecule has 0 N–H and O–H groups in total. The normalized spacial score (nSPS) is 10.5. The summed E-state index contributed by atoms with van der Waals surface area (Å²) in [5.41, 5.74) is 2.15. The summed E-state index contributed by atoms with van der Waals surface area (Å²) < 4.78 is 1.84. The van der Waals surface area contributed by atoms with Gasteiger partial charge in [-0.2, -0.15) is 5.26 Å². The molecule has 6 heteroatoms. The van der Waals surface area contributed by atoms with E-state index in [1.165, 1.54) is 12.1 Å². The second kappa shape index (κ2) is 4.72. The Kier molecular flexibility index (Phi) is 2.88. The summed E-state index contributed by atoms with van der Waals surface area (Å²) in [5, 5.41) is 20.0. The van der Waals surface area contributed by atoms with Crippen molar-refractivity contribution >= 4 is 16.7 Å². The van der Waals surface area contributed by atoms with Crippen molar-refractivity contribution in [2.45, 2.75) is 6.92 Å². The van der Waals surface area contributed by atoms with Gasteiger partial charge in [-0.25, -0.2) is 4.98 Å². The minimum atomic E-state index is -0.545. The molecule has 0 aliphatic rings. The van der Waals surface area contributed by atoms with Crippen molar-refractivity contribution in [2.75, 3.05) is 0 Å². The van der Waals surface area contributed by atoms with E-state index in [0.717, 1.165) is 16.9 Å². The number of nitriles is 1. The van der Waals surface area contributed by atoms with Gasteiger partial charge in [-0.3, -0.25) is 14.7 Å². The van der Waals surface area contributed by atoms with Gasteiger partial charge in [0.05, 0.1) is 21.6 Å². The Labute approximate surface area is 120 Å². The predicted octanol–water partition coefficient (Wildman–Crippen LogP) is 3.11. The molecule has 0 atom stereocenters. The van der Waals surface area contributed by atoms with Gasteiger partial charge in [-0.1, -0.05) is 12.1 Å². The molecule has 0 bridgehead atoms. The first kappa shape index (κ1) is 12.8. The topological polar surface area (TPSA) is 84.8 Å². The summed E-state index contributed by atoms with van der Waals surface area (Å²) in [7, 11) is 0. The highest BCUT2D eigenvalue weighted by Gasteiger charge is 2.17. The molecule has 21 heavy (non-hydrogen) atoms. The molecule has 0 saturated carbocycles. The van der Waals surface area contributed by atoms with Crippen LogP contribution in [-0.2, 0) is 0 Å². The highest BCUT2D eigenvalue weighted by atomic mass is 16.6. The van der Waals surface area contributed by atoms with Crippen LogP contribution in [0.15, 0.2) is 42.5 Å². The molecule has 0 fully saturated rings. The predicted molar refractivity (Wildman–Crippen MR) is 77.2 cm³/mol. The monoisotopic (exact) mass is 278 g/mol. The second-order valence-corrected chi connectivity index (χ2v) is 4.55. The summed E-state index contributed by atoms with van der Waals surface area (Å²) in [6.45, 7) is 1.84. The van der Waals surface area contributed by atoms with E-state index in [1.54, 1.807) is 6.07 Å². The fourth-order valence-electron chi connectivity index (χ4n) is 2.38. The molecule has 1 aromatic heterocycles. The molecule has 3 rings (SSSR count). The summed E-state index contributed by atoms with van der Waals surface area (Å²) >= 11 is 0. The van der Waals surface area contributed by atoms with Crippen LogP contribution >= 0.6 is 0 Å². The number of hydrogen-bond acceptors (Lipinski definition) is 4. The van der Waals surface area contributed by atoms with Crippen molar-refractivity contribution in [3.05, 3.63) is 64.0 Å². The number of nitro groups is 1. The highest BCUT2D eigenvalue weighted by Crippen LogP contribution is 2.26. The fourth-order valence-corrected chi connectivity index (χ4v) is 2.38. The zero-order chi connectivity index (χ0) is 15.0. The number of imidazole rings is 1. The molecule has 0 saturated heterocycles. The molecule has 0 unspecified atom stereocenters. The van der Waals surface area contributed by atoms with Crippen LogP contribution in [-0.4, -0.2) is 14.5 Å². The van der Waals surface area contributed by atoms with E-state index in [-0.39, 0.29) is 11.3 Å². The number of benzene rings is 2. The van der Waals surface area contributed by atoms with E-state index in [0.29, 0.717) is 5.69 Å². The number of para-hydroxylation sites is 2. The summed E-state index contributed by atoms with van der Waals surface area (Å²) in [5.74, 6) is 0.732. The first-order valence-corrected chi connectivity index (χ1v) is 6.25. The van der Waals surface area contributed by atoms with Crippen LogP contribution < -0.4 is 0 Å². The van der Waals surface area contributed by atoms with Crippen molar-refractivity contribution in [3.8, 4) is 11.8 Å². The second-order valence-electron chi connectivity index (χ2n) is 4.55. The molecule has 6 nitrogen and oxygen atoms in total. The van der Waals surface area contributed by atoms with E-state index in [4.69, 9.17) is 5.26 Å². The van der Waals surface area contributed by atoms with E-state index >= 15 is 0 Å². The third-order valence-corrected chi connectivity index (χ3v) is 3.29. The van der Waals surface area contributed by atoms with Gasteiger partial charge in [0.1, 0.15) is 17.5 Å². The van der Waals surface area contributed by atoms with Gasteiger partial charge in [0.2, 0.25) is 0 Å². The van der Waals surface area contributed by atoms with Gasteiger partial charge >= 0.3 is 0 Å². The number of aromatic nitrogens is 2. The summed E-state index contributed by atoms with van der Waals surface area (Å²) in [6, 6.07) is 13.9. The molecule has 0 radical (unpaired) electrons. The summed E-state index contributed by atoms with van der Waals surface area (Å²) in [4.78, 5) is 15.0. The maximum atomic E-state index is 11.1. The quantitative estimate of drug-likeness (QED) is 0.532. The number of hydrogen-bond donors (Lipinski definition) is 0. The third kappa shape index (κ3) is 2.01. The van der Waals surface area contributed by atoms with Crippen molar-refractivity contribution in [2.24, 2.45) is 0 Å². The van der Waals surface area contributed by atoms with Crippen LogP contribution in [0, 0.1) is 28.4 Å². The minimum absolute atomic E-state index is 0.0471. The zero-order valence-electron chi connectivity index (χ0n) is 11.1. The maximum absolute atomic E-state index is 11.1. The Balaban J connectivity index is 2.29. The van der Waals surface area contributed by atoms with Gasteiger partial charge in [-0.15, -0.1) is 0 Å². The van der Waals surface area contributed by atoms with E-state index in [1.807, 2.05) is 41.8 Å². The largest absolute Gasteiger partial charge is 0.296 e. The molecule has 102 valence electrons. The molecule has 0 spiro atoms. The molecular weight excluding hydrogens is 268 g/mol. The first-order chi connectivity index (χ1) is 10.1. The van der Waals surface area contributed by atoms with E-state index < -0.39 is 4.92 Å². The molecule has 0 aliphatic heterocycles. The van der Waals surface area contributed by atoms with Crippen LogP contribution in [0.1, 0.15) is 11.4 Å². The Bertz CT molecular complexity index is 906. The van der Waals surface area contributed by atoms with Gasteiger partial charge < -0.3 is 0 Å². The number of aryl methyl sites for hydroxylation is 1. The van der Waals surface area contributed by atoms with Gasteiger partial charge in [0.15, 0.2) is 0 Å². The van der Waals surface area contributed by atoms with Crippen molar-refractivity contribution in [3.63, 3.8) is 0 Å². The van der Waals surface area contributed by atoms with Crippen LogP contribution in [0.2, 0.25) is 0 Å². The highest BCUT2D eigenvalue weighted by molar-refractivity contribution is 5.78. The molecule has 0 amide bonds. The summed E-state index contributed by atoms with van der Waals surface area (Å²) in [6.07, 6.45) is 0. The van der Waals surface area contributed by atoms with E-state index in [2.05, 4.69) is 4.98 Å². The molecule has 0 aliphatic carbocycles. The Morgan fingerprint density at radius 2 is 2.05 bits per heavy atom. The standard InChI is InChI=1S/C15H10N4O2/c1-10-17-13-4-2-3-5-14(13)18(10)12-7-6-11(9-16)15(8-12)19(20)21/h2-8H,1H3. The average molecular weight is 278 g/mol. The molecule has 2 aromatic carbocycles. The fraction of sp³-hybridized carbons (Fsp3) is 0.0667. The van der Waals surface area contributed by atoms with Crippen LogP contribution in [0.25, 0.3) is 16.7 Å². The minimum Gasteiger partial charge on any atom is -0.296 e. The van der Waals surface area contributed by atoms with Gasteiger partial charge in [0, 0.05) is 6.07 Å². The van der Waals surface area contributed by atoms with Crippen LogP contribution in [0.4, 0.5) is 5.69 Å². The first-order valence-electron chi connectivity index (χ1n) is 6.25. The number of nitrogens with zero attached hydrogens (tertiary/aromatic N) is 4. The number of nitro benzene ring substituents is 1. The average Bonchev–Trinajstić information content (AvgIpc) is 2.82. The lowest BCUT2D eigenvalue weighted by atomic mass is 10.1. The third-order valence-electron chi connectivity index (χ3n) is 3.29. The van der Waals surface area contributed by atoms with Gasteiger partial charge in [0.25, 0.3) is 5.69 Å². The van der Waals surface area contributed by atoms with Gasteiger partial charge in [-0.05, 0) is 31.2 Å². The lowest BCUT2D eigenvalue weighted by molar-refractivity contribution is -0.385. The Morgan fingerprint density at radius 3 is 2.76 bits per heavy atom. The zero-order valence-corrected chi connectivity index (χ0v) is 11.1. The lowest BCUT2D eigenvalue weighted by Crippen LogP contribution is -2.00. The Morgan fingerprint density at radius 1 is 1.29 bits per heavy atom. The molecular formula is C15H10N4O2. The van der Waals surface area contributed by atoms with Crippen molar-refractivity contribution < 1.29 is 4.92 Å². The number of fused-ring (bicyclic) bond motifs is 1. The SMILES string of the molecule is Cc1nc2ccccc2n1-c1ccc(C#N)c([N+](=O)[O-])c1. The van der Waals surface area contributed by atoms with Crippen LogP contribution in [0.3, 0.4) is 0 Å². The maximum Gasteiger partial charge on any atom is 0.289 e. The lowest BCUT2D eigenvalue weighted by Gasteiger charge is -2.07. The smallest absolute Gasteiger partial charge is 0.289 e. The van der Waals surface area contributed by atoms with E-state index in [9.17, 15) is 10.1 Å².